The number of aromatic nitrogens is 2. The van der Waals surface area contributed by atoms with Crippen molar-refractivity contribution in [2.75, 3.05) is 0 Å². The molecular weight excluding hydrogens is 230 g/mol. The lowest BCUT2D eigenvalue weighted by Crippen LogP contribution is -2.30. The molecular formula is C11H8F2N2O2. The molecule has 2 rings (SSSR count). The molecule has 0 bridgehead atoms. The molecule has 0 aliphatic heterocycles. The van der Waals surface area contributed by atoms with E-state index in [0.717, 1.165) is 22.8 Å². The molecule has 0 fully saturated rings. The predicted octanol–water partition coefficient (Wildman–Crippen LogP) is 1.11. The summed E-state index contributed by atoms with van der Waals surface area (Å²) in [6.07, 6.45) is 0. The average molecular weight is 238 g/mol. The van der Waals surface area contributed by atoms with Crippen LogP contribution >= 0.6 is 0 Å². The topological polar surface area (TPSA) is 54.9 Å². The molecule has 1 N–H and O–H groups in total. The number of hydrogen-bond acceptors (Lipinski definition) is 2. The summed E-state index contributed by atoms with van der Waals surface area (Å²) in [6, 6.07) is 4.00. The highest BCUT2D eigenvalue weighted by Gasteiger charge is 2.10. The van der Waals surface area contributed by atoms with Crippen LogP contribution in [0.5, 0.6) is 0 Å². The minimum Gasteiger partial charge on any atom is -0.274 e. The molecule has 4 nitrogen and oxygen atoms in total. The van der Waals surface area contributed by atoms with E-state index in [9.17, 15) is 18.4 Å². The van der Waals surface area contributed by atoms with E-state index in [1.54, 1.807) is 0 Å². The van der Waals surface area contributed by atoms with E-state index in [2.05, 4.69) is 0 Å². The van der Waals surface area contributed by atoms with Gasteiger partial charge in [0, 0.05) is 17.8 Å². The third-order valence-corrected chi connectivity index (χ3v) is 2.28. The van der Waals surface area contributed by atoms with Crippen LogP contribution in [0.4, 0.5) is 8.78 Å². The Balaban J connectivity index is 2.77. The van der Waals surface area contributed by atoms with Crippen LogP contribution < -0.4 is 11.2 Å². The lowest BCUT2D eigenvalue weighted by atomic mass is 10.2. The van der Waals surface area contributed by atoms with E-state index in [0.29, 0.717) is 6.07 Å². The lowest BCUT2D eigenvalue weighted by molar-refractivity contribution is 0.574. The molecule has 0 aliphatic rings. The van der Waals surface area contributed by atoms with Crippen molar-refractivity contribution in [2.45, 2.75) is 6.92 Å². The van der Waals surface area contributed by atoms with Crippen molar-refractivity contribution in [2.24, 2.45) is 0 Å². The Morgan fingerprint density at radius 2 is 1.88 bits per heavy atom. The molecule has 1 aromatic heterocycles. The number of rotatable bonds is 1. The molecule has 0 saturated heterocycles. The first kappa shape index (κ1) is 11.3. The Hall–Kier alpha value is -2.24. The maximum atomic E-state index is 13.5. The Morgan fingerprint density at radius 1 is 1.18 bits per heavy atom. The molecule has 0 aliphatic carbocycles. The average Bonchev–Trinajstić information content (AvgIpc) is 2.19. The van der Waals surface area contributed by atoms with E-state index in [1.165, 1.54) is 6.92 Å². The maximum Gasteiger partial charge on any atom is 0.333 e. The molecule has 0 radical (unpaired) electrons. The van der Waals surface area contributed by atoms with Crippen LogP contribution in [0.3, 0.4) is 0 Å². The fourth-order valence-corrected chi connectivity index (χ4v) is 1.57. The Labute approximate surface area is 94.2 Å². The van der Waals surface area contributed by atoms with Crippen LogP contribution in [0.25, 0.3) is 5.69 Å². The smallest absolute Gasteiger partial charge is 0.274 e. The van der Waals surface area contributed by atoms with Crippen molar-refractivity contribution in [3.63, 3.8) is 0 Å². The quantitative estimate of drug-likeness (QED) is 0.809. The largest absolute Gasteiger partial charge is 0.333 e. The highest BCUT2D eigenvalue weighted by molar-refractivity contribution is 5.35. The number of nitrogens with zero attached hydrogens (tertiary/aromatic N) is 1. The van der Waals surface area contributed by atoms with E-state index in [1.807, 2.05) is 4.98 Å². The maximum absolute atomic E-state index is 13.5. The minimum atomic E-state index is -0.873. The summed E-state index contributed by atoms with van der Waals surface area (Å²) in [4.78, 5) is 24.6. The fraction of sp³-hybridized carbons (Fsp3) is 0.0909. The molecule has 1 aromatic carbocycles. The van der Waals surface area contributed by atoms with Crippen LogP contribution in [-0.4, -0.2) is 9.55 Å². The van der Waals surface area contributed by atoms with Gasteiger partial charge in [-0.15, -0.1) is 0 Å². The normalized spacial score (nSPS) is 10.5. The number of nitrogens with one attached hydrogen (secondary N) is 1. The van der Waals surface area contributed by atoms with Gasteiger partial charge in [0.15, 0.2) is 0 Å². The van der Waals surface area contributed by atoms with Gasteiger partial charge in [0.25, 0.3) is 5.56 Å². The van der Waals surface area contributed by atoms with Gasteiger partial charge in [0.2, 0.25) is 0 Å². The summed E-state index contributed by atoms with van der Waals surface area (Å²) >= 11 is 0. The summed E-state index contributed by atoms with van der Waals surface area (Å²) in [6.45, 7) is 1.49. The van der Waals surface area contributed by atoms with Crippen LogP contribution in [-0.2, 0) is 0 Å². The number of aryl methyl sites for hydroxylation is 1. The minimum absolute atomic E-state index is 0.106. The van der Waals surface area contributed by atoms with Crippen molar-refractivity contribution < 1.29 is 8.78 Å². The number of hydrogen-bond donors (Lipinski definition) is 1. The second-order valence-electron chi connectivity index (χ2n) is 3.51. The number of H-pyrrole nitrogens is 1. The van der Waals surface area contributed by atoms with Gasteiger partial charge in [0.05, 0.1) is 5.69 Å². The van der Waals surface area contributed by atoms with E-state index in [-0.39, 0.29) is 11.4 Å². The van der Waals surface area contributed by atoms with Crippen molar-refractivity contribution in [1.82, 2.24) is 9.55 Å². The standard InChI is InChI=1S/C11H8F2N2O2/c1-6-4-10(16)14-11(17)15(6)9-3-2-7(12)5-8(9)13/h2-5H,1H3,(H,14,16,17). The summed E-state index contributed by atoms with van der Waals surface area (Å²) in [7, 11) is 0. The van der Waals surface area contributed by atoms with Gasteiger partial charge < -0.3 is 0 Å². The first-order chi connectivity index (χ1) is 7.99. The summed E-state index contributed by atoms with van der Waals surface area (Å²) in [5.74, 6) is -1.61. The van der Waals surface area contributed by atoms with Gasteiger partial charge in [-0.1, -0.05) is 0 Å². The molecule has 17 heavy (non-hydrogen) atoms. The lowest BCUT2D eigenvalue weighted by Gasteiger charge is -2.09. The summed E-state index contributed by atoms with van der Waals surface area (Å²) in [5, 5.41) is 0. The zero-order valence-electron chi connectivity index (χ0n) is 8.83. The molecule has 2 aromatic rings. The van der Waals surface area contributed by atoms with Crippen molar-refractivity contribution in [3.8, 4) is 5.69 Å². The molecule has 0 unspecified atom stereocenters. The summed E-state index contributed by atoms with van der Waals surface area (Å²) < 4.78 is 27.2. The van der Waals surface area contributed by atoms with Crippen LogP contribution in [0.2, 0.25) is 0 Å². The highest BCUT2D eigenvalue weighted by atomic mass is 19.1. The number of halogens is 2. The number of benzene rings is 1. The Bertz CT molecular complexity index is 689. The number of aromatic amines is 1. The third kappa shape index (κ3) is 2.01. The second-order valence-corrected chi connectivity index (χ2v) is 3.51. The van der Waals surface area contributed by atoms with Gasteiger partial charge in [-0.3, -0.25) is 14.3 Å². The highest BCUT2D eigenvalue weighted by Crippen LogP contribution is 2.13. The molecule has 6 heteroatoms. The van der Waals surface area contributed by atoms with Crippen molar-refractivity contribution >= 4 is 0 Å². The monoisotopic (exact) mass is 238 g/mol. The molecule has 0 amide bonds. The van der Waals surface area contributed by atoms with E-state index < -0.39 is 22.9 Å². The zero-order chi connectivity index (χ0) is 12.6. The predicted molar refractivity (Wildman–Crippen MR) is 57.3 cm³/mol. The molecule has 0 atom stereocenters. The SMILES string of the molecule is Cc1cc(=O)[nH]c(=O)n1-c1ccc(F)cc1F. The Morgan fingerprint density at radius 3 is 2.47 bits per heavy atom. The summed E-state index contributed by atoms with van der Waals surface area (Å²) in [5.41, 5.74) is -1.17. The van der Waals surface area contributed by atoms with Crippen LogP contribution in [0.1, 0.15) is 5.69 Å². The van der Waals surface area contributed by atoms with Crippen molar-refractivity contribution in [1.29, 1.82) is 0 Å². The van der Waals surface area contributed by atoms with Crippen molar-refractivity contribution in [3.05, 3.63) is 62.4 Å². The molecule has 88 valence electrons. The van der Waals surface area contributed by atoms with E-state index in [4.69, 9.17) is 0 Å². The molecule has 0 spiro atoms. The van der Waals surface area contributed by atoms with Gasteiger partial charge in [-0.05, 0) is 19.1 Å². The van der Waals surface area contributed by atoms with Crippen LogP contribution in [0.15, 0.2) is 33.9 Å². The first-order valence-electron chi connectivity index (χ1n) is 4.77. The first-order valence-corrected chi connectivity index (χ1v) is 4.77. The van der Waals surface area contributed by atoms with Gasteiger partial charge in [-0.2, -0.15) is 0 Å². The fourth-order valence-electron chi connectivity index (χ4n) is 1.57. The third-order valence-electron chi connectivity index (χ3n) is 2.28. The van der Waals surface area contributed by atoms with E-state index >= 15 is 0 Å². The van der Waals surface area contributed by atoms with Gasteiger partial charge in [-0.25, -0.2) is 13.6 Å². The van der Waals surface area contributed by atoms with Crippen LogP contribution in [0, 0.1) is 18.6 Å². The second kappa shape index (κ2) is 3.97. The van der Waals surface area contributed by atoms with Gasteiger partial charge in [0.1, 0.15) is 11.6 Å². The molecule has 1 heterocycles. The zero-order valence-corrected chi connectivity index (χ0v) is 8.83. The molecule has 0 saturated carbocycles. The Kier molecular flexibility index (Phi) is 2.63. The van der Waals surface area contributed by atoms with Gasteiger partial charge >= 0.3 is 5.69 Å².